The monoisotopic (exact) mass is 501 g/mol. The van der Waals surface area contributed by atoms with E-state index in [2.05, 4.69) is 38.4 Å². The summed E-state index contributed by atoms with van der Waals surface area (Å²) in [4.78, 5) is 12.2. The van der Waals surface area contributed by atoms with Gasteiger partial charge in [-0.3, -0.25) is 5.43 Å². The maximum absolute atomic E-state index is 12.2. The fraction of sp³-hybridized carbons (Fsp3) is 0. The molecule has 140 valence electrons. The Morgan fingerprint density at radius 2 is 1.64 bits per heavy atom. The van der Waals surface area contributed by atoms with Gasteiger partial charge in [0.25, 0.3) is 0 Å². The van der Waals surface area contributed by atoms with E-state index in [4.69, 9.17) is 17.0 Å². The predicted molar refractivity (Wildman–Crippen MR) is 124 cm³/mol. The molecule has 0 aliphatic carbocycles. The number of para-hydroxylation sites is 1. The summed E-state index contributed by atoms with van der Waals surface area (Å²) in [5.74, 6) is 0.0847. The summed E-state index contributed by atoms with van der Waals surface area (Å²) >= 11 is 7.29. The quantitative estimate of drug-likeness (QED) is 0.131. The Balaban J connectivity index is 1.52. The average molecular weight is 501 g/mol. The molecule has 0 aromatic heterocycles. The summed E-state index contributed by atoms with van der Waals surface area (Å²) < 4.78 is 6.26. The lowest BCUT2D eigenvalue weighted by atomic mass is 10.2. The first kappa shape index (κ1) is 20.0. The number of thiocarbonyl (C=S) groups is 1. The van der Waals surface area contributed by atoms with Gasteiger partial charge >= 0.3 is 5.97 Å². The standard InChI is InChI=1S/C21H16IN3O2S/c22-19-9-5-4-8-18(19)20(26)27-17-12-10-15(11-13-17)14-23-25-21(28)24-16-6-2-1-3-7-16/h1-14H,(H2,24,25,28)/b23-14+. The number of nitrogens with one attached hydrogen (secondary N) is 2. The van der Waals surface area contributed by atoms with Crippen molar-refractivity contribution in [3.63, 3.8) is 0 Å². The SMILES string of the molecule is O=C(Oc1ccc(/C=N/NC(=S)Nc2ccccc2)cc1)c1ccccc1I. The summed E-state index contributed by atoms with van der Waals surface area (Å²) in [6, 6.07) is 23.9. The molecule has 0 saturated carbocycles. The lowest BCUT2D eigenvalue weighted by molar-refractivity contribution is 0.0733. The van der Waals surface area contributed by atoms with Crippen molar-refractivity contribution in [2.75, 3.05) is 5.32 Å². The first-order valence-electron chi connectivity index (χ1n) is 8.34. The number of halogens is 1. The highest BCUT2D eigenvalue weighted by molar-refractivity contribution is 14.1. The van der Waals surface area contributed by atoms with Crippen molar-refractivity contribution in [1.82, 2.24) is 5.43 Å². The van der Waals surface area contributed by atoms with Crippen molar-refractivity contribution < 1.29 is 9.53 Å². The first-order chi connectivity index (χ1) is 13.6. The molecule has 0 spiro atoms. The van der Waals surface area contributed by atoms with Gasteiger partial charge < -0.3 is 10.1 Å². The van der Waals surface area contributed by atoms with Crippen LogP contribution in [0.3, 0.4) is 0 Å². The van der Waals surface area contributed by atoms with Crippen molar-refractivity contribution in [3.8, 4) is 5.75 Å². The Bertz CT molecular complexity index is 992. The maximum atomic E-state index is 12.2. The average Bonchev–Trinajstić information content (AvgIpc) is 2.70. The number of anilines is 1. The third kappa shape index (κ3) is 5.86. The van der Waals surface area contributed by atoms with Crippen molar-refractivity contribution >= 4 is 57.8 Å². The minimum atomic E-state index is -0.384. The smallest absolute Gasteiger partial charge is 0.344 e. The fourth-order valence-corrected chi connectivity index (χ4v) is 3.03. The number of carbonyl (C=O) groups excluding carboxylic acids is 1. The summed E-state index contributed by atoms with van der Waals surface area (Å²) in [5, 5.41) is 7.52. The second-order valence-electron chi connectivity index (χ2n) is 5.63. The van der Waals surface area contributed by atoms with Gasteiger partial charge in [-0.15, -0.1) is 0 Å². The zero-order valence-electron chi connectivity index (χ0n) is 14.6. The molecule has 0 heterocycles. The highest BCUT2D eigenvalue weighted by Gasteiger charge is 2.11. The lowest BCUT2D eigenvalue weighted by Crippen LogP contribution is -2.23. The second kappa shape index (κ2) is 9.95. The number of hydrazone groups is 1. The van der Waals surface area contributed by atoms with Gasteiger partial charge in [0.05, 0.1) is 11.8 Å². The van der Waals surface area contributed by atoms with Crippen LogP contribution in [0.25, 0.3) is 0 Å². The number of ether oxygens (including phenoxy) is 1. The second-order valence-corrected chi connectivity index (χ2v) is 7.20. The van der Waals surface area contributed by atoms with Crippen molar-refractivity contribution in [3.05, 3.63) is 93.6 Å². The molecule has 0 saturated heterocycles. The normalized spacial score (nSPS) is 10.5. The van der Waals surface area contributed by atoms with Crippen LogP contribution in [-0.2, 0) is 0 Å². The van der Waals surface area contributed by atoms with Crippen LogP contribution >= 0.6 is 34.8 Å². The molecule has 0 bridgehead atoms. The zero-order valence-corrected chi connectivity index (χ0v) is 17.6. The maximum Gasteiger partial charge on any atom is 0.344 e. The summed E-state index contributed by atoms with van der Waals surface area (Å²) in [5.41, 5.74) is 5.02. The Morgan fingerprint density at radius 3 is 2.36 bits per heavy atom. The molecule has 2 N–H and O–H groups in total. The van der Waals surface area contributed by atoms with Gasteiger partial charge in [-0.2, -0.15) is 5.10 Å². The van der Waals surface area contributed by atoms with Crippen molar-refractivity contribution in [2.24, 2.45) is 5.10 Å². The van der Waals surface area contributed by atoms with E-state index >= 15 is 0 Å². The molecule has 0 aliphatic rings. The molecular weight excluding hydrogens is 485 g/mol. The van der Waals surface area contributed by atoms with Crippen LogP contribution in [0.2, 0.25) is 0 Å². The molecule has 0 radical (unpaired) electrons. The van der Waals surface area contributed by atoms with E-state index in [0.717, 1.165) is 14.8 Å². The highest BCUT2D eigenvalue weighted by atomic mass is 127. The first-order valence-corrected chi connectivity index (χ1v) is 9.82. The van der Waals surface area contributed by atoms with Gasteiger partial charge in [-0.1, -0.05) is 30.3 Å². The molecule has 0 atom stereocenters. The van der Waals surface area contributed by atoms with Crippen molar-refractivity contribution in [1.29, 1.82) is 0 Å². The lowest BCUT2D eigenvalue weighted by Gasteiger charge is -2.07. The van der Waals surface area contributed by atoms with Crippen LogP contribution in [0.4, 0.5) is 5.69 Å². The van der Waals surface area contributed by atoms with E-state index in [-0.39, 0.29) is 5.97 Å². The number of benzene rings is 3. The highest BCUT2D eigenvalue weighted by Crippen LogP contribution is 2.17. The van der Waals surface area contributed by atoms with E-state index in [9.17, 15) is 4.79 Å². The Morgan fingerprint density at radius 1 is 0.964 bits per heavy atom. The van der Waals surface area contributed by atoms with Crippen LogP contribution in [0, 0.1) is 3.57 Å². The van der Waals surface area contributed by atoms with Gasteiger partial charge in [-0.25, -0.2) is 4.79 Å². The molecule has 0 unspecified atom stereocenters. The molecule has 0 fully saturated rings. The molecule has 5 nitrogen and oxygen atoms in total. The molecule has 3 aromatic rings. The van der Waals surface area contributed by atoms with Gasteiger partial charge in [-0.05, 0) is 88.9 Å². The van der Waals surface area contributed by atoms with Gasteiger partial charge in [0.1, 0.15) is 5.75 Å². The third-order valence-corrected chi connectivity index (χ3v) is 4.73. The predicted octanol–water partition coefficient (Wildman–Crippen LogP) is 4.83. The largest absolute Gasteiger partial charge is 0.423 e. The van der Waals surface area contributed by atoms with Gasteiger partial charge in [0, 0.05) is 9.26 Å². The van der Waals surface area contributed by atoms with E-state index in [1.165, 1.54) is 0 Å². The minimum absolute atomic E-state index is 0.384. The number of carbonyl (C=O) groups is 1. The molecule has 0 amide bonds. The molecule has 3 aromatic carbocycles. The number of hydrogen-bond acceptors (Lipinski definition) is 4. The van der Waals surface area contributed by atoms with Crippen LogP contribution in [0.1, 0.15) is 15.9 Å². The van der Waals surface area contributed by atoms with E-state index in [0.29, 0.717) is 16.4 Å². The fourth-order valence-electron chi connectivity index (χ4n) is 2.26. The third-order valence-electron chi connectivity index (χ3n) is 3.60. The van der Waals surface area contributed by atoms with Gasteiger partial charge in [0.15, 0.2) is 5.11 Å². The molecule has 0 aliphatic heterocycles. The van der Waals surface area contributed by atoms with E-state index < -0.39 is 0 Å². The van der Waals surface area contributed by atoms with Crippen LogP contribution in [0.5, 0.6) is 5.75 Å². The van der Waals surface area contributed by atoms with E-state index in [1.54, 1.807) is 36.5 Å². The topological polar surface area (TPSA) is 62.7 Å². The van der Waals surface area contributed by atoms with E-state index in [1.807, 2.05) is 48.5 Å². The molecule has 28 heavy (non-hydrogen) atoms. The number of rotatable bonds is 5. The molecule has 7 heteroatoms. The Labute approximate surface area is 182 Å². The van der Waals surface area contributed by atoms with Gasteiger partial charge in [0.2, 0.25) is 0 Å². The van der Waals surface area contributed by atoms with Crippen molar-refractivity contribution in [2.45, 2.75) is 0 Å². The Kier molecular flexibility index (Phi) is 7.10. The van der Waals surface area contributed by atoms with Crippen LogP contribution in [-0.4, -0.2) is 17.3 Å². The molecular formula is C21H16IN3O2S. The Hall–Kier alpha value is -2.78. The van der Waals surface area contributed by atoms with Crippen LogP contribution in [0.15, 0.2) is 84.0 Å². The molecule has 3 rings (SSSR count). The zero-order chi connectivity index (χ0) is 19.8. The summed E-state index contributed by atoms with van der Waals surface area (Å²) in [7, 11) is 0. The van der Waals surface area contributed by atoms with Crippen LogP contribution < -0.4 is 15.5 Å². The number of hydrogen-bond donors (Lipinski definition) is 2. The summed E-state index contributed by atoms with van der Waals surface area (Å²) in [6.07, 6.45) is 1.63. The summed E-state index contributed by atoms with van der Waals surface area (Å²) in [6.45, 7) is 0. The number of nitrogens with zero attached hydrogens (tertiary/aromatic N) is 1. The minimum Gasteiger partial charge on any atom is -0.423 e. The number of esters is 1.